The van der Waals surface area contributed by atoms with Gasteiger partial charge in [0, 0.05) is 6.07 Å². The highest BCUT2D eigenvalue weighted by atomic mass is 32.2. The maximum absolute atomic E-state index is 13.3. The van der Waals surface area contributed by atoms with E-state index in [9.17, 15) is 13.2 Å². The molecule has 8 nitrogen and oxygen atoms in total. The molecule has 2 aromatic heterocycles. The number of H-pyrrole nitrogens is 1. The Labute approximate surface area is 171 Å². The molecular weight excluding hydrogens is 412 g/mol. The van der Waals surface area contributed by atoms with Crippen LogP contribution < -0.4 is 9.29 Å². The molecule has 0 atom stereocenters. The lowest BCUT2D eigenvalue weighted by atomic mass is 10.3. The number of imidazole rings is 1. The van der Waals surface area contributed by atoms with Gasteiger partial charge in [0.2, 0.25) is 5.91 Å². The van der Waals surface area contributed by atoms with Crippen molar-refractivity contribution in [2.75, 3.05) is 11.1 Å². The number of hydrogen-bond acceptors (Lipinski definition) is 6. The number of nitrogens with zero attached hydrogens (tertiary/aromatic N) is 2. The largest absolute Gasteiger partial charge is 0.360 e. The predicted octanol–water partition coefficient (Wildman–Crippen LogP) is 2.72. The second-order valence-corrected chi connectivity index (χ2v) is 8.94. The first-order chi connectivity index (χ1) is 13.9. The van der Waals surface area contributed by atoms with Crippen LogP contribution in [0.3, 0.4) is 0 Å². The lowest BCUT2D eigenvalue weighted by Gasteiger charge is -2.04. The smallest absolute Gasteiger partial charge is 0.336 e. The summed E-state index contributed by atoms with van der Waals surface area (Å²) in [4.78, 5) is 15.5. The van der Waals surface area contributed by atoms with E-state index in [1.54, 1.807) is 49.4 Å². The van der Waals surface area contributed by atoms with Crippen LogP contribution in [0.5, 0.6) is 0 Å². The van der Waals surface area contributed by atoms with Crippen molar-refractivity contribution < 1.29 is 21.7 Å². The Morgan fingerprint density at radius 1 is 1.17 bits per heavy atom. The zero-order valence-corrected chi connectivity index (χ0v) is 17.0. The van der Waals surface area contributed by atoms with Crippen molar-refractivity contribution in [3.63, 3.8) is 0 Å². The Hall–Kier alpha value is -3.11. The van der Waals surface area contributed by atoms with Gasteiger partial charge in [0.15, 0.2) is 16.9 Å². The molecule has 0 saturated heterocycles. The van der Waals surface area contributed by atoms with Crippen LogP contribution in [0, 0.1) is 6.92 Å². The van der Waals surface area contributed by atoms with Gasteiger partial charge < -0.3 is 9.84 Å². The van der Waals surface area contributed by atoms with Crippen LogP contribution in [0.15, 0.2) is 75.2 Å². The van der Waals surface area contributed by atoms with E-state index in [4.69, 9.17) is 4.52 Å². The van der Waals surface area contributed by atoms with Gasteiger partial charge in [0.05, 0.1) is 5.75 Å². The van der Waals surface area contributed by atoms with Crippen LogP contribution in [0.1, 0.15) is 5.76 Å². The van der Waals surface area contributed by atoms with Crippen LogP contribution in [0.4, 0.5) is 5.82 Å². The molecule has 0 saturated carbocycles. The fourth-order valence-electron chi connectivity index (χ4n) is 2.80. The average molecular weight is 430 g/mol. The number of amides is 1. The number of anilines is 1. The number of aryl methyl sites for hydroxylation is 1. The number of aromatic nitrogens is 3. The molecule has 0 bridgehead atoms. The Kier molecular flexibility index (Phi) is 5.12. The van der Waals surface area contributed by atoms with E-state index in [1.807, 2.05) is 6.07 Å². The molecule has 2 heterocycles. The molecule has 0 aliphatic rings. The second-order valence-electron chi connectivity index (χ2n) is 6.19. The van der Waals surface area contributed by atoms with Crippen LogP contribution in [0.25, 0.3) is 11.0 Å². The van der Waals surface area contributed by atoms with Gasteiger partial charge in [0.25, 0.3) is 0 Å². The first-order valence-electron chi connectivity index (χ1n) is 8.64. The summed E-state index contributed by atoms with van der Waals surface area (Å²) in [6.45, 7) is 1.72. The maximum atomic E-state index is 13.3. The van der Waals surface area contributed by atoms with Gasteiger partial charge in [-0.25, -0.2) is 4.98 Å². The fraction of sp³-hybridized carbons (Fsp3) is 0.105. The molecule has 4 rings (SSSR count). The normalized spacial score (nSPS) is 11.6. The molecule has 0 spiro atoms. The number of para-hydroxylation sites is 2. The van der Waals surface area contributed by atoms with Gasteiger partial charge in [-0.05, 0) is 43.0 Å². The van der Waals surface area contributed by atoms with Gasteiger partial charge in [0.1, 0.15) is 10.7 Å². The molecule has 0 aliphatic carbocycles. The number of rotatable bonds is 6. The molecule has 1 amide bonds. The van der Waals surface area contributed by atoms with Crippen molar-refractivity contribution in [2.24, 2.45) is 0 Å². The summed E-state index contributed by atoms with van der Waals surface area (Å²) < 4.78 is 32.7. The third-order valence-electron chi connectivity index (χ3n) is 4.07. The standard InChI is InChI=1S/C19H16N4O4S2/c1-13-11-17(22-27-13)21-18(24)12-28-19-20-15-9-5-6-10-16(15)23(19)29(25,26)14-7-3-2-4-8-14/h2-11H,12H2,1H3,(H,21,22,24)/p+1. The second kappa shape index (κ2) is 7.72. The number of carbonyl (C=O) groups is 1. The summed E-state index contributed by atoms with van der Waals surface area (Å²) in [5.74, 6) is 0.554. The van der Waals surface area contributed by atoms with Gasteiger partial charge in [-0.1, -0.05) is 35.5 Å². The van der Waals surface area contributed by atoms with Crippen LogP contribution in [-0.4, -0.2) is 30.2 Å². The molecule has 0 radical (unpaired) electrons. The third-order valence-corrected chi connectivity index (χ3v) is 6.87. The summed E-state index contributed by atoms with van der Waals surface area (Å²) in [7, 11) is -3.85. The van der Waals surface area contributed by atoms with E-state index in [0.29, 0.717) is 27.8 Å². The number of benzene rings is 2. The van der Waals surface area contributed by atoms with Crippen LogP contribution in [0.2, 0.25) is 0 Å². The first-order valence-corrected chi connectivity index (χ1v) is 11.1. The lowest BCUT2D eigenvalue weighted by molar-refractivity contribution is -0.526. The number of aromatic amines is 1. The van der Waals surface area contributed by atoms with E-state index >= 15 is 0 Å². The highest BCUT2D eigenvalue weighted by molar-refractivity contribution is 8.00. The molecule has 2 N–H and O–H groups in total. The fourth-order valence-corrected chi connectivity index (χ4v) is 5.39. The van der Waals surface area contributed by atoms with Crippen molar-refractivity contribution in [2.45, 2.75) is 17.0 Å². The van der Waals surface area contributed by atoms with Gasteiger partial charge >= 0.3 is 15.2 Å². The average Bonchev–Trinajstić information content (AvgIpc) is 3.30. The molecule has 148 valence electrons. The predicted molar refractivity (Wildman–Crippen MR) is 108 cm³/mol. The number of hydrogen-bond donors (Lipinski definition) is 2. The number of carbonyl (C=O) groups excluding carboxylic acids is 1. The van der Waals surface area contributed by atoms with Crippen molar-refractivity contribution in [1.82, 2.24) is 10.1 Å². The summed E-state index contributed by atoms with van der Waals surface area (Å²) in [6, 6.07) is 16.9. The molecule has 0 fully saturated rings. The molecule has 10 heteroatoms. The van der Waals surface area contributed by atoms with Crippen molar-refractivity contribution in [3.8, 4) is 0 Å². The minimum absolute atomic E-state index is 0.0109. The van der Waals surface area contributed by atoms with E-state index < -0.39 is 10.0 Å². The lowest BCUT2D eigenvalue weighted by Crippen LogP contribution is -2.44. The minimum atomic E-state index is -3.85. The molecule has 2 aromatic carbocycles. The zero-order valence-electron chi connectivity index (χ0n) is 15.3. The maximum Gasteiger partial charge on any atom is 0.336 e. The molecule has 0 aliphatic heterocycles. The highest BCUT2D eigenvalue weighted by Crippen LogP contribution is 2.21. The zero-order chi connectivity index (χ0) is 20.4. The highest BCUT2D eigenvalue weighted by Gasteiger charge is 2.31. The Morgan fingerprint density at radius 3 is 2.62 bits per heavy atom. The van der Waals surface area contributed by atoms with Gasteiger partial charge in [-0.3, -0.25) is 4.79 Å². The molecule has 4 aromatic rings. The van der Waals surface area contributed by atoms with E-state index in [2.05, 4.69) is 15.5 Å². The van der Waals surface area contributed by atoms with Crippen LogP contribution >= 0.6 is 11.8 Å². The SMILES string of the molecule is Cc1cc(NC(=O)CSc2[nH]c3ccccc3[n+]2S(=O)(=O)c2ccccc2)no1. The summed E-state index contributed by atoms with van der Waals surface area (Å²) in [6.07, 6.45) is 0. The van der Waals surface area contributed by atoms with E-state index in [1.165, 1.54) is 16.1 Å². The van der Waals surface area contributed by atoms with E-state index in [-0.39, 0.29) is 16.6 Å². The van der Waals surface area contributed by atoms with Crippen molar-refractivity contribution >= 4 is 44.5 Å². The third kappa shape index (κ3) is 3.89. The number of fused-ring (bicyclic) bond motifs is 1. The Balaban J connectivity index is 1.66. The summed E-state index contributed by atoms with van der Waals surface area (Å²) in [5, 5.41) is 6.67. The van der Waals surface area contributed by atoms with Gasteiger partial charge in [-0.15, -0.1) is 3.97 Å². The Morgan fingerprint density at radius 2 is 1.90 bits per heavy atom. The number of thioether (sulfide) groups is 1. The van der Waals surface area contributed by atoms with Crippen molar-refractivity contribution in [1.29, 1.82) is 0 Å². The monoisotopic (exact) mass is 429 g/mol. The van der Waals surface area contributed by atoms with Crippen LogP contribution in [-0.2, 0) is 14.8 Å². The molecular formula is C19H17N4O4S2+. The molecule has 0 unspecified atom stereocenters. The van der Waals surface area contributed by atoms with Gasteiger partial charge in [-0.2, -0.15) is 8.42 Å². The molecule has 29 heavy (non-hydrogen) atoms. The topological polar surface area (TPSA) is 109 Å². The number of nitrogens with one attached hydrogen (secondary N) is 2. The minimum Gasteiger partial charge on any atom is -0.360 e. The Bertz CT molecular complexity index is 1280. The first kappa shape index (κ1) is 19.2. The van der Waals surface area contributed by atoms with Crippen molar-refractivity contribution in [3.05, 3.63) is 66.4 Å². The quantitative estimate of drug-likeness (QED) is 0.360. The van der Waals surface area contributed by atoms with E-state index in [0.717, 1.165) is 11.8 Å². The summed E-state index contributed by atoms with van der Waals surface area (Å²) in [5.41, 5.74) is 1.16. The summed E-state index contributed by atoms with van der Waals surface area (Å²) >= 11 is 1.09.